The van der Waals surface area contributed by atoms with Crippen LogP contribution in [-0.2, 0) is 11.4 Å². The number of rotatable bonds is 10. The van der Waals surface area contributed by atoms with Crippen molar-refractivity contribution in [3.8, 4) is 17.2 Å². The maximum Gasteiger partial charge on any atom is 0.277 e. The van der Waals surface area contributed by atoms with Gasteiger partial charge in [-0.15, -0.1) is 0 Å². The highest BCUT2D eigenvalue weighted by atomic mass is 35.5. The van der Waals surface area contributed by atoms with Gasteiger partial charge in [-0.3, -0.25) is 4.79 Å². The summed E-state index contributed by atoms with van der Waals surface area (Å²) in [5.41, 5.74) is 4.14. The molecule has 0 aliphatic heterocycles. The van der Waals surface area contributed by atoms with Crippen LogP contribution >= 0.6 is 23.2 Å². The highest BCUT2D eigenvalue weighted by Crippen LogP contribution is 2.29. The fourth-order valence-corrected chi connectivity index (χ4v) is 2.97. The molecular formula is C24H22Cl2N2O4. The molecule has 166 valence electrons. The second kappa shape index (κ2) is 12.0. The topological polar surface area (TPSA) is 69.2 Å². The van der Waals surface area contributed by atoms with Gasteiger partial charge in [0.05, 0.1) is 17.8 Å². The number of nitrogens with one attached hydrogen (secondary N) is 1. The Labute approximate surface area is 196 Å². The van der Waals surface area contributed by atoms with Crippen LogP contribution in [-0.4, -0.2) is 25.3 Å². The zero-order chi connectivity index (χ0) is 22.8. The second-order valence-electron chi connectivity index (χ2n) is 6.57. The lowest BCUT2D eigenvalue weighted by Crippen LogP contribution is -2.24. The number of nitrogens with zero attached hydrogens (tertiary/aromatic N) is 1. The fourth-order valence-electron chi connectivity index (χ4n) is 2.65. The first kappa shape index (κ1) is 23.4. The average molecular weight is 473 g/mol. The molecule has 0 aliphatic carbocycles. The number of hydrogen-bond acceptors (Lipinski definition) is 5. The molecule has 0 radical (unpaired) electrons. The molecule has 0 aromatic heterocycles. The molecule has 6 nitrogen and oxygen atoms in total. The zero-order valence-electron chi connectivity index (χ0n) is 17.4. The van der Waals surface area contributed by atoms with E-state index in [0.717, 1.165) is 11.1 Å². The van der Waals surface area contributed by atoms with Gasteiger partial charge < -0.3 is 14.2 Å². The molecule has 0 heterocycles. The van der Waals surface area contributed by atoms with Crippen molar-refractivity contribution in [1.82, 2.24) is 5.43 Å². The molecule has 1 N–H and O–H groups in total. The van der Waals surface area contributed by atoms with E-state index in [2.05, 4.69) is 10.5 Å². The molecule has 0 bridgehead atoms. The van der Waals surface area contributed by atoms with E-state index in [4.69, 9.17) is 37.4 Å². The van der Waals surface area contributed by atoms with Crippen LogP contribution in [0.4, 0.5) is 0 Å². The van der Waals surface area contributed by atoms with Crippen LogP contribution in [0.2, 0.25) is 10.0 Å². The molecule has 32 heavy (non-hydrogen) atoms. The highest BCUT2D eigenvalue weighted by molar-refractivity contribution is 6.32. The second-order valence-corrected chi connectivity index (χ2v) is 7.41. The van der Waals surface area contributed by atoms with Crippen LogP contribution in [0, 0.1) is 0 Å². The summed E-state index contributed by atoms with van der Waals surface area (Å²) >= 11 is 11.9. The van der Waals surface area contributed by atoms with Gasteiger partial charge in [0.1, 0.15) is 12.4 Å². The number of hydrazone groups is 1. The van der Waals surface area contributed by atoms with Gasteiger partial charge in [-0.2, -0.15) is 5.10 Å². The Morgan fingerprint density at radius 3 is 2.47 bits per heavy atom. The van der Waals surface area contributed by atoms with Gasteiger partial charge in [0.2, 0.25) is 0 Å². The molecule has 3 rings (SSSR count). The third kappa shape index (κ3) is 7.18. The number of hydrogen-bond donors (Lipinski definition) is 1. The Balaban J connectivity index is 1.55. The lowest BCUT2D eigenvalue weighted by molar-refractivity contribution is -0.123. The monoisotopic (exact) mass is 472 g/mol. The van der Waals surface area contributed by atoms with Gasteiger partial charge in [0, 0.05) is 5.02 Å². The standard InChI is InChI=1S/C24H22Cl2N2O4/c1-2-30-23-13-18(9-12-22(23)31-15-17-7-10-19(25)11-8-17)14-27-28-24(29)16-32-21-6-4-3-5-20(21)26/h3-14H,2,15-16H2,1H3,(H,28,29)/b27-14-. The predicted octanol–water partition coefficient (Wildman–Crippen LogP) is 5.50. The molecule has 0 saturated carbocycles. The van der Waals surface area contributed by atoms with Gasteiger partial charge in [-0.05, 0) is 60.5 Å². The SMILES string of the molecule is CCOc1cc(/C=N\NC(=O)COc2ccccc2Cl)ccc1OCc1ccc(Cl)cc1. The third-order valence-electron chi connectivity index (χ3n) is 4.17. The Hall–Kier alpha value is -3.22. The van der Waals surface area contributed by atoms with Crippen molar-refractivity contribution in [2.45, 2.75) is 13.5 Å². The summed E-state index contributed by atoms with van der Waals surface area (Å²) in [7, 11) is 0. The molecule has 0 fully saturated rings. The summed E-state index contributed by atoms with van der Waals surface area (Å²) in [6, 6.07) is 19.8. The van der Waals surface area contributed by atoms with Crippen molar-refractivity contribution in [1.29, 1.82) is 0 Å². The molecule has 0 spiro atoms. The zero-order valence-corrected chi connectivity index (χ0v) is 18.9. The number of halogens is 2. The number of ether oxygens (including phenoxy) is 3. The third-order valence-corrected chi connectivity index (χ3v) is 4.74. The summed E-state index contributed by atoms with van der Waals surface area (Å²) in [6.07, 6.45) is 1.51. The van der Waals surface area contributed by atoms with Crippen LogP contribution in [0.5, 0.6) is 17.2 Å². The molecule has 8 heteroatoms. The number of amides is 1. The predicted molar refractivity (Wildman–Crippen MR) is 126 cm³/mol. The Kier molecular flexibility index (Phi) is 8.78. The van der Waals surface area contributed by atoms with Crippen LogP contribution in [0.3, 0.4) is 0 Å². The average Bonchev–Trinajstić information content (AvgIpc) is 2.79. The van der Waals surface area contributed by atoms with Crippen LogP contribution < -0.4 is 19.6 Å². The first-order valence-electron chi connectivity index (χ1n) is 9.88. The fraction of sp³-hybridized carbons (Fsp3) is 0.167. The quantitative estimate of drug-likeness (QED) is 0.312. The molecule has 1 amide bonds. The summed E-state index contributed by atoms with van der Waals surface area (Å²) in [5, 5.41) is 5.07. The van der Waals surface area contributed by atoms with E-state index in [1.807, 2.05) is 37.3 Å². The van der Waals surface area contributed by atoms with Crippen molar-refractivity contribution in [2.24, 2.45) is 5.10 Å². The first-order chi connectivity index (χ1) is 15.5. The van der Waals surface area contributed by atoms with E-state index in [-0.39, 0.29) is 6.61 Å². The summed E-state index contributed by atoms with van der Waals surface area (Å²) < 4.78 is 16.9. The van der Waals surface area contributed by atoms with Gasteiger partial charge in [0.15, 0.2) is 18.1 Å². The molecule has 0 saturated heterocycles. The Morgan fingerprint density at radius 2 is 1.72 bits per heavy atom. The normalized spacial score (nSPS) is 10.7. The largest absolute Gasteiger partial charge is 0.490 e. The minimum Gasteiger partial charge on any atom is -0.490 e. The summed E-state index contributed by atoms with van der Waals surface area (Å²) in [4.78, 5) is 11.9. The lowest BCUT2D eigenvalue weighted by atomic mass is 10.2. The minimum absolute atomic E-state index is 0.206. The number of benzene rings is 3. The molecular weight excluding hydrogens is 451 g/mol. The number of carbonyl (C=O) groups excluding carboxylic acids is 1. The number of para-hydroxylation sites is 1. The lowest BCUT2D eigenvalue weighted by Gasteiger charge is -2.12. The van der Waals surface area contributed by atoms with Gasteiger partial charge in [-0.1, -0.05) is 47.5 Å². The van der Waals surface area contributed by atoms with Gasteiger partial charge in [0.25, 0.3) is 5.91 Å². The minimum atomic E-state index is -0.408. The van der Waals surface area contributed by atoms with Crippen LogP contribution in [0.25, 0.3) is 0 Å². The summed E-state index contributed by atoms with van der Waals surface area (Å²) in [6.45, 7) is 2.55. The molecule has 0 atom stereocenters. The maximum absolute atomic E-state index is 11.9. The van der Waals surface area contributed by atoms with E-state index in [0.29, 0.717) is 40.5 Å². The highest BCUT2D eigenvalue weighted by Gasteiger charge is 2.08. The van der Waals surface area contributed by atoms with E-state index in [1.165, 1.54) is 6.21 Å². The van der Waals surface area contributed by atoms with Crippen molar-refractivity contribution in [3.63, 3.8) is 0 Å². The summed E-state index contributed by atoms with van der Waals surface area (Å²) in [5.74, 6) is 1.22. The van der Waals surface area contributed by atoms with Gasteiger partial charge >= 0.3 is 0 Å². The van der Waals surface area contributed by atoms with Crippen molar-refractivity contribution in [2.75, 3.05) is 13.2 Å². The Bertz CT molecular complexity index is 1070. The van der Waals surface area contributed by atoms with E-state index in [1.54, 1.807) is 36.4 Å². The smallest absolute Gasteiger partial charge is 0.277 e. The molecule has 3 aromatic carbocycles. The van der Waals surface area contributed by atoms with Crippen molar-refractivity contribution in [3.05, 3.63) is 87.9 Å². The van der Waals surface area contributed by atoms with Crippen molar-refractivity contribution >= 4 is 35.3 Å². The van der Waals surface area contributed by atoms with Crippen LogP contribution in [0.15, 0.2) is 71.8 Å². The maximum atomic E-state index is 11.9. The first-order valence-corrected chi connectivity index (χ1v) is 10.6. The number of carbonyl (C=O) groups is 1. The van der Waals surface area contributed by atoms with Gasteiger partial charge in [-0.25, -0.2) is 5.43 Å². The Morgan fingerprint density at radius 1 is 0.938 bits per heavy atom. The van der Waals surface area contributed by atoms with E-state index < -0.39 is 5.91 Å². The molecule has 0 unspecified atom stereocenters. The molecule has 3 aromatic rings. The van der Waals surface area contributed by atoms with Crippen molar-refractivity contribution < 1.29 is 19.0 Å². The van der Waals surface area contributed by atoms with E-state index in [9.17, 15) is 4.79 Å². The van der Waals surface area contributed by atoms with Crippen LogP contribution in [0.1, 0.15) is 18.1 Å². The van der Waals surface area contributed by atoms with E-state index >= 15 is 0 Å². The molecule has 0 aliphatic rings.